The summed E-state index contributed by atoms with van der Waals surface area (Å²) in [5.41, 5.74) is 1.13. The van der Waals surface area contributed by atoms with Gasteiger partial charge in [-0.15, -0.1) is 0 Å². The number of benzene rings is 1. The molecule has 0 radical (unpaired) electrons. The van der Waals surface area contributed by atoms with Crippen LogP contribution < -0.4 is 16.0 Å². The van der Waals surface area contributed by atoms with Crippen LogP contribution in [-0.4, -0.2) is 89.1 Å². The lowest BCUT2D eigenvalue weighted by Gasteiger charge is -2.15. The zero-order valence-corrected chi connectivity index (χ0v) is 30.3. The van der Waals surface area contributed by atoms with E-state index in [9.17, 15) is 19.2 Å². The lowest BCUT2D eigenvalue weighted by atomic mass is 10.1. The molecule has 0 bridgehead atoms. The molecule has 0 amide bonds. The van der Waals surface area contributed by atoms with Crippen molar-refractivity contribution in [2.24, 2.45) is 11.8 Å². The fourth-order valence-electron chi connectivity index (χ4n) is 3.34. The van der Waals surface area contributed by atoms with Gasteiger partial charge in [0.15, 0.2) is 0 Å². The van der Waals surface area contributed by atoms with Crippen LogP contribution in [-0.2, 0) is 44.5 Å². The average molecular weight is 654 g/mol. The van der Waals surface area contributed by atoms with Crippen molar-refractivity contribution in [2.45, 2.75) is 112 Å². The normalized spacial score (nSPS) is 12.6. The van der Waals surface area contributed by atoms with E-state index in [-0.39, 0.29) is 42.5 Å². The zero-order valence-electron chi connectivity index (χ0n) is 30.3. The molecule has 0 unspecified atom stereocenters. The largest absolute Gasteiger partial charge is 0.466 e. The first-order valence-corrected chi connectivity index (χ1v) is 16.5. The third-order valence-electron chi connectivity index (χ3n) is 6.40. The number of esters is 4. The van der Waals surface area contributed by atoms with Crippen molar-refractivity contribution in [1.82, 2.24) is 16.0 Å². The molecule has 0 saturated heterocycles. The maximum atomic E-state index is 11.8. The molecule has 0 spiro atoms. The lowest BCUT2D eigenvalue weighted by molar-refractivity contribution is -0.153. The van der Waals surface area contributed by atoms with Gasteiger partial charge in [0, 0.05) is 0 Å². The van der Waals surface area contributed by atoms with E-state index in [0.29, 0.717) is 38.1 Å². The Morgan fingerprint density at radius 3 is 1.61 bits per heavy atom. The highest BCUT2D eigenvalue weighted by atomic mass is 16.5. The standard InChI is InChI=1S/C15H29NO4.C13H19NO2.C7H15NO2/c1-11(2)6-8-19-14(17)10-13(16-5)15(18)20-9-7-12(3)4;1-3-9-16-13(15)12(14-2)10-11-7-5-4-6-8-11;1-5(2)10-7(9)6(3)8-4/h11-13,16H,6-10H2,1-5H3;4-8,12,14H,3,9-10H2,1-2H3;5-6,8H,1-4H3/t13-;12-;6-/m000/s1. The van der Waals surface area contributed by atoms with Crippen molar-refractivity contribution < 1.29 is 38.1 Å². The predicted molar refractivity (Wildman–Crippen MR) is 182 cm³/mol. The molecular formula is C35H63N3O8. The number of hydrogen-bond acceptors (Lipinski definition) is 11. The van der Waals surface area contributed by atoms with Crippen LogP contribution >= 0.6 is 0 Å². The molecule has 46 heavy (non-hydrogen) atoms. The molecule has 266 valence electrons. The highest BCUT2D eigenvalue weighted by Crippen LogP contribution is 2.06. The Balaban J connectivity index is 0. The van der Waals surface area contributed by atoms with Gasteiger partial charge in [0.25, 0.3) is 0 Å². The fourth-order valence-corrected chi connectivity index (χ4v) is 3.34. The summed E-state index contributed by atoms with van der Waals surface area (Å²) in [5.74, 6) is -0.161. The Morgan fingerprint density at radius 1 is 0.652 bits per heavy atom. The molecule has 1 rings (SSSR count). The van der Waals surface area contributed by atoms with Gasteiger partial charge in [-0.1, -0.05) is 65.0 Å². The number of carbonyl (C=O) groups excluding carboxylic acids is 4. The summed E-state index contributed by atoms with van der Waals surface area (Å²) < 4.78 is 20.2. The number of likely N-dealkylation sites (N-methyl/N-ethyl adjacent to an activating group) is 3. The van der Waals surface area contributed by atoms with Crippen LogP contribution in [0, 0.1) is 11.8 Å². The third kappa shape index (κ3) is 25.2. The van der Waals surface area contributed by atoms with Crippen LogP contribution in [0.1, 0.15) is 86.6 Å². The van der Waals surface area contributed by atoms with Crippen molar-refractivity contribution in [3.05, 3.63) is 35.9 Å². The minimum Gasteiger partial charge on any atom is -0.466 e. The molecule has 0 aromatic heterocycles. The molecule has 11 heteroatoms. The molecule has 3 atom stereocenters. The first-order valence-electron chi connectivity index (χ1n) is 16.5. The van der Waals surface area contributed by atoms with Gasteiger partial charge in [-0.05, 0) is 85.0 Å². The van der Waals surface area contributed by atoms with Gasteiger partial charge in [0.1, 0.15) is 18.1 Å². The molecule has 11 nitrogen and oxygen atoms in total. The van der Waals surface area contributed by atoms with Crippen LogP contribution in [0.3, 0.4) is 0 Å². The van der Waals surface area contributed by atoms with Crippen LogP contribution in [0.15, 0.2) is 30.3 Å². The minimum absolute atomic E-state index is 0.00903. The van der Waals surface area contributed by atoms with Crippen molar-refractivity contribution in [3.63, 3.8) is 0 Å². The van der Waals surface area contributed by atoms with Crippen molar-refractivity contribution in [2.75, 3.05) is 41.0 Å². The first-order chi connectivity index (χ1) is 21.7. The van der Waals surface area contributed by atoms with Crippen LogP contribution in [0.5, 0.6) is 0 Å². The van der Waals surface area contributed by atoms with E-state index >= 15 is 0 Å². The van der Waals surface area contributed by atoms with E-state index in [2.05, 4.69) is 43.6 Å². The molecule has 3 N–H and O–H groups in total. The number of hydrogen-bond donors (Lipinski definition) is 3. The molecule has 1 aromatic carbocycles. The number of nitrogens with one attached hydrogen (secondary N) is 3. The SMILES string of the molecule is CCCOC(=O)[C@H](Cc1ccccc1)NC.CN[C@@H](C)C(=O)OC(C)C.CN[C@@H](CC(=O)OCCC(C)C)C(=O)OCCC(C)C. The van der Waals surface area contributed by atoms with Crippen LogP contribution in [0.25, 0.3) is 0 Å². The molecule has 0 aliphatic rings. The fraction of sp³-hybridized carbons (Fsp3) is 0.714. The summed E-state index contributed by atoms with van der Waals surface area (Å²) in [6.45, 7) is 17.0. The molecule has 0 heterocycles. The maximum Gasteiger partial charge on any atom is 0.323 e. The smallest absolute Gasteiger partial charge is 0.323 e. The Bertz CT molecular complexity index is 941. The van der Waals surface area contributed by atoms with E-state index in [1.807, 2.05) is 51.1 Å². The van der Waals surface area contributed by atoms with Gasteiger partial charge >= 0.3 is 23.9 Å². The molecular weight excluding hydrogens is 590 g/mol. The van der Waals surface area contributed by atoms with Crippen molar-refractivity contribution in [3.8, 4) is 0 Å². The Morgan fingerprint density at radius 2 is 1.15 bits per heavy atom. The quantitative estimate of drug-likeness (QED) is 0.144. The van der Waals surface area contributed by atoms with Crippen LogP contribution in [0.2, 0.25) is 0 Å². The van der Waals surface area contributed by atoms with E-state index in [0.717, 1.165) is 24.8 Å². The second kappa shape index (κ2) is 28.2. The first kappa shape index (κ1) is 45.1. The molecule has 0 aliphatic carbocycles. The summed E-state index contributed by atoms with van der Waals surface area (Å²) in [6.07, 6.45) is 3.15. The molecule has 0 aliphatic heterocycles. The second-order valence-corrected chi connectivity index (χ2v) is 12.0. The molecule has 1 aromatic rings. The summed E-state index contributed by atoms with van der Waals surface area (Å²) in [5, 5.41) is 8.57. The zero-order chi connectivity index (χ0) is 35.5. The topological polar surface area (TPSA) is 141 Å². The van der Waals surface area contributed by atoms with Gasteiger partial charge in [-0.2, -0.15) is 0 Å². The van der Waals surface area contributed by atoms with Gasteiger partial charge in [-0.3, -0.25) is 19.2 Å². The van der Waals surface area contributed by atoms with Crippen molar-refractivity contribution in [1.29, 1.82) is 0 Å². The van der Waals surface area contributed by atoms with E-state index in [1.165, 1.54) is 0 Å². The molecule has 0 fully saturated rings. The Kier molecular flexibility index (Phi) is 27.7. The summed E-state index contributed by atoms with van der Waals surface area (Å²) in [7, 11) is 5.14. The summed E-state index contributed by atoms with van der Waals surface area (Å²) >= 11 is 0. The molecule has 0 saturated carbocycles. The summed E-state index contributed by atoms with van der Waals surface area (Å²) in [6, 6.07) is 8.84. The van der Waals surface area contributed by atoms with Gasteiger partial charge in [-0.25, -0.2) is 0 Å². The Labute approximate surface area is 278 Å². The predicted octanol–water partition coefficient (Wildman–Crippen LogP) is 4.46. The minimum atomic E-state index is -0.631. The van der Waals surface area contributed by atoms with Gasteiger partial charge in [0.2, 0.25) is 0 Å². The Hall–Kier alpha value is -3.02. The van der Waals surface area contributed by atoms with Crippen molar-refractivity contribution >= 4 is 23.9 Å². The second-order valence-electron chi connectivity index (χ2n) is 12.0. The third-order valence-corrected chi connectivity index (χ3v) is 6.40. The number of rotatable bonds is 19. The summed E-state index contributed by atoms with van der Waals surface area (Å²) in [4.78, 5) is 45.9. The highest BCUT2D eigenvalue weighted by Gasteiger charge is 2.22. The van der Waals surface area contributed by atoms with Crippen LogP contribution in [0.4, 0.5) is 0 Å². The average Bonchev–Trinajstić information content (AvgIpc) is 3.01. The highest BCUT2D eigenvalue weighted by molar-refractivity contribution is 5.82. The van der Waals surface area contributed by atoms with Gasteiger partial charge in [0.05, 0.1) is 32.3 Å². The maximum absolute atomic E-state index is 11.8. The van der Waals surface area contributed by atoms with Gasteiger partial charge < -0.3 is 34.9 Å². The number of carbonyl (C=O) groups is 4. The number of ether oxygens (including phenoxy) is 4. The van der Waals surface area contributed by atoms with E-state index in [1.54, 1.807) is 28.1 Å². The van der Waals surface area contributed by atoms with E-state index < -0.39 is 12.0 Å². The monoisotopic (exact) mass is 653 g/mol. The lowest BCUT2D eigenvalue weighted by Crippen LogP contribution is -2.38. The van der Waals surface area contributed by atoms with E-state index in [4.69, 9.17) is 18.9 Å².